The molecule has 96 valence electrons. The van der Waals surface area contributed by atoms with Gasteiger partial charge in [-0.05, 0) is 31.2 Å². The maximum absolute atomic E-state index is 12.1. The Bertz CT molecular complexity index is 469. The predicted octanol–water partition coefficient (Wildman–Crippen LogP) is 1.25. The van der Waals surface area contributed by atoms with E-state index in [0.29, 0.717) is 12.3 Å². The first-order valence-corrected chi connectivity index (χ1v) is 7.24. The van der Waals surface area contributed by atoms with Crippen molar-refractivity contribution in [2.45, 2.75) is 18.2 Å². The summed E-state index contributed by atoms with van der Waals surface area (Å²) in [4.78, 5) is 0.287. The molecule has 0 aliphatic heterocycles. The van der Waals surface area contributed by atoms with Crippen molar-refractivity contribution in [1.29, 1.82) is 0 Å². The third-order valence-electron chi connectivity index (χ3n) is 2.59. The minimum Gasteiger partial charge on any atom is -0.495 e. The van der Waals surface area contributed by atoms with Crippen LogP contribution in [0.1, 0.15) is 12.5 Å². The highest BCUT2D eigenvalue weighted by Gasteiger charge is 2.19. The number of aryl methyl sites for hydroxylation is 1. The molecule has 5 heteroatoms. The number of hydrogen-bond donors (Lipinski definition) is 1. The fourth-order valence-electron chi connectivity index (χ4n) is 1.53. The molecule has 1 rings (SSSR count). The molecular weight excluding hydrogens is 238 g/mol. The van der Waals surface area contributed by atoms with Crippen molar-refractivity contribution < 1.29 is 13.2 Å². The van der Waals surface area contributed by atoms with Crippen LogP contribution in [0.2, 0.25) is 0 Å². The first-order chi connectivity index (χ1) is 8.05. The summed E-state index contributed by atoms with van der Waals surface area (Å²) in [5, 5.41) is 2.84. The van der Waals surface area contributed by atoms with Gasteiger partial charge in [0.05, 0.1) is 12.9 Å². The third kappa shape index (κ3) is 3.44. The number of hydrogen-bond acceptors (Lipinski definition) is 4. The molecule has 0 aliphatic rings. The number of rotatable bonds is 6. The van der Waals surface area contributed by atoms with Crippen LogP contribution in [0.15, 0.2) is 23.1 Å². The van der Waals surface area contributed by atoms with E-state index in [1.165, 1.54) is 7.11 Å². The Morgan fingerprint density at radius 3 is 2.59 bits per heavy atom. The van der Waals surface area contributed by atoms with Gasteiger partial charge in [-0.1, -0.05) is 13.0 Å². The lowest BCUT2D eigenvalue weighted by molar-refractivity contribution is 0.402. The normalized spacial score (nSPS) is 11.5. The Labute approximate surface area is 103 Å². The highest BCUT2D eigenvalue weighted by atomic mass is 32.2. The van der Waals surface area contributed by atoms with Crippen LogP contribution in [0, 0.1) is 0 Å². The Balaban J connectivity index is 3.17. The van der Waals surface area contributed by atoms with E-state index in [9.17, 15) is 8.42 Å². The van der Waals surface area contributed by atoms with Crippen molar-refractivity contribution in [2.75, 3.05) is 26.5 Å². The molecule has 0 atom stereocenters. The summed E-state index contributed by atoms with van der Waals surface area (Å²) < 4.78 is 29.3. The summed E-state index contributed by atoms with van der Waals surface area (Å²) >= 11 is 0. The molecule has 4 nitrogen and oxygen atoms in total. The topological polar surface area (TPSA) is 55.4 Å². The van der Waals surface area contributed by atoms with E-state index in [-0.39, 0.29) is 10.6 Å². The average molecular weight is 257 g/mol. The van der Waals surface area contributed by atoms with Crippen LogP contribution in [0.5, 0.6) is 5.75 Å². The zero-order valence-corrected chi connectivity index (χ0v) is 11.3. The van der Waals surface area contributed by atoms with Crippen molar-refractivity contribution >= 4 is 9.84 Å². The fraction of sp³-hybridized carbons (Fsp3) is 0.500. The minimum absolute atomic E-state index is 0.0764. The van der Waals surface area contributed by atoms with Crippen LogP contribution in [0.3, 0.4) is 0 Å². The molecule has 0 unspecified atom stereocenters. The lowest BCUT2D eigenvalue weighted by Gasteiger charge is -2.11. The Morgan fingerprint density at radius 1 is 1.35 bits per heavy atom. The minimum atomic E-state index is -3.29. The van der Waals surface area contributed by atoms with E-state index >= 15 is 0 Å². The molecule has 0 radical (unpaired) electrons. The number of methoxy groups -OCH3 is 1. The van der Waals surface area contributed by atoms with E-state index in [1.807, 2.05) is 13.0 Å². The smallest absolute Gasteiger partial charge is 0.183 e. The quantitative estimate of drug-likeness (QED) is 0.833. The first kappa shape index (κ1) is 14.0. The van der Waals surface area contributed by atoms with E-state index < -0.39 is 9.84 Å². The van der Waals surface area contributed by atoms with Crippen LogP contribution >= 0.6 is 0 Å². The second-order valence-corrected chi connectivity index (χ2v) is 5.84. The molecule has 0 amide bonds. The standard InChI is InChI=1S/C12H19NO3S/c1-4-10-5-6-11(16-3)12(9-10)17(14,15)8-7-13-2/h5-6,9,13H,4,7-8H2,1-3H3. The van der Waals surface area contributed by atoms with Crippen molar-refractivity contribution in [1.82, 2.24) is 5.32 Å². The van der Waals surface area contributed by atoms with Crippen LogP contribution in [-0.2, 0) is 16.3 Å². The number of ether oxygens (including phenoxy) is 1. The van der Waals surface area contributed by atoms with Crippen LogP contribution in [-0.4, -0.2) is 34.9 Å². The zero-order chi connectivity index (χ0) is 12.9. The Morgan fingerprint density at radius 2 is 2.06 bits per heavy atom. The maximum atomic E-state index is 12.1. The van der Waals surface area contributed by atoms with Crippen LogP contribution < -0.4 is 10.1 Å². The van der Waals surface area contributed by atoms with Crippen LogP contribution in [0.4, 0.5) is 0 Å². The number of benzene rings is 1. The lowest BCUT2D eigenvalue weighted by Crippen LogP contribution is -2.20. The first-order valence-electron chi connectivity index (χ1n) is 5.59. The fourth-order valence-corrected chi connectivity index (χ4v) is 3.01. The van der Waals surface area contributed by atoms with E-state index in [0.717, 1.165) is 12.0 Å². The second-order valence-electron chi connectivity index (χ2n) is 3.76. The molecule has 0 bridgehead atoms. The van der Waals surface area contributed by atoms with Crippen molar-refractivity contribution in [3.05, 3.63) is 23.8 Å². The highest BCUT2D eigenvalue weighted by Crippen LogP contribution is 2.26. The molecule has 1 N–H and O–H groups in total. The molecule has 0 saturated heterocycles. The largest absolute Gasteiger partial charge is 0.495 e. The SMILES string of the molecule is CCc1ccc(OC)c(S(=O)(=O)CCNC)c1. The summed E-state index contributed by atoms with van der Waals surface area (Å²) in [5.41, 5.74) is 0.994. The van der Waals surface area contributed by atoms with Crippen molar-refractivity contribution in [3.63, 3.8) is 0 Å². The van der Waals surface area contributed by atoms with E-state index in [1.54, 1.807) is 19.2 Å². The van der Waals surface area contributed by atoms with Gasteiger partial charge in [-0.15, -0.1) is 0 Å². The van der Waals surface area contributed by atoms with Gasteiger partial charge in [0.25, 0.3) is 0 Å². The molecule has 0 spiro atoms. The molecule has 0 saturated carbocycles. The van der Waals surface area contributed by atoms with Gasteiger partial charge in [-0.2, -0.15) is 0 Å². The second kappa shape index (κ2) is 6.02. The van der Waals surface area contributed by atoms with Gasteiger partial charge < -0.3 is 10.1 Å². The van der Waals surface area contributed by atoms with Crippen molar-refractivity contribution in [2.24, 2.45) is 0 Å². The average Bonchev–Trinajstić information content (AvgIpc) is 2.35. The Hall–Kier alpha value is -1.07. The van der Waals surface area contributed by atoms with E-state index in [2.05, 4.69) is 5.32 Å². The van der Waals surface area contributed by atoms with Crippen LogP contribution in [0.25, 0.3) is 0 Å². The summed E-state index contributed by atoms with van der Waals surface area (Å²) in [6, 6.07) is 5.30. The molecule has 0 fully saturated rings. The third-order valence-corrected chi connectivity index (χ3v) is 4.32. The highest BCUT2D eigenvalue weighted by molar-refractivity contribution is 7.91. The lowest BCUT2D eigenvalue weighted by atomic mass is 10.2. The molecule has 0 heterocycles. The molecule has 17 heavy (non-hydrogen) atoms. The van der Waals surface area contributed by atoms with Gasteiger partial charge in [0.15, 0.2) is 9.84 Å². The number of nitrogens with one attached hydrogen (secondary N) is 1. The molecule has 0 aromatic heterocycles. The summed E-state index contributed by atoms with van der Waals surface area (Å²) in [5.74, 6) is 0.492. The predicted molar refractivity (Wildman–Crippen MR) is 68.4 cm³/mol. The van der Waals surface area contributed by atoms with Gasteiger partial charge >= 0.3 is 0 Å². The number of sulfone groups is 1. The molecular formula is C12H19NO3S. The van der Waals surface area contributed by atoms with Gasteiger partial charge in [-0.3, -0.25) is 0 Å². The molecule has 0 aliphatic carbocycles. The maximum Gasteiger partial charge on any atom is 0.183 e. The van der Waals surface area contributed by atoms with Gasteiger partial charge in [0, 0.05) is 6.54 Å². The summed E-state index contributed by atoms with van der Waals surface area (Å²) in [6.07, 6.45) is 0.804. The molecule has 1 aromatic carbocycles. The van der Waals surface area contributed by atoms with Gasteiger partial charge in [0.1, 0.15) is 10.6 Å². The molecule has 1 aromatic rings. The summed E-state index contributed by atoms with van der Waals surface area (Å²) in [7, 11) is -0.0697. The van der Waals surface area contributed by atoms with Gasteiger partial charge in [0.2, 0.25) is 0 Å². The van der Waals surface area contributed by atoms with E-state index in [4.69, 9.17) is 4.74 Å². The Kier molecular flexibility index (Phi) is 4.96. The monoisotopic (exact) mass is 257 g/mol. The van der Waals surface area contributed by atoms with Crippen molar-refractivity contribution in [3.8, 4) is 5.75 Å². The van der Waals surface area contributed by atoms with Gasteiger partial charge in [-0.25, -0.2) is 8.42 Å². The summed E-state index contributed by atoms with van der Waals surface area (Å²) in [6.45, 7) is 2.42. The zero-order valence-electron chi connectivity index (χ0n) is 10.5.